The lowest BCUT2D eigenvalue weighted by atomic mass is 10.1. The predicted octanol–water partition coefficient (Wildman–Crippen LogP) is 8.73. The molecule has 1 aliphatic rings. The minimum absolute atomic E-state index is 0.815. The molecule has 3 nitrogen and oxygen atoms in total. The molecule has 4 heteroatoms. The van der Waals surface area contributed by atoms with Crippen LogP contribution in [0.2, 0.25) is 0 Å². The van der Waals surface area contributed by atoms with Gasteiger partial charge in [-0.1, -0.05) is 108 Å². The fraction of sp³-hybridized carbons (Fsp3) is 0.643. The zero-order valence-electron chi connectivity index (χ0n) is 20.1. The molecule has 0 saturated heterocycles. The summed E-state index contributed by atoms with van der Waals surface area (Å²) < 4.78 is 5.92. The Bertz CT molecular complexity index is 728. The summed E-state index contributed by atoms with van der Waals surface area (Å²) in [7, 11) is 0. The maximum atomic E-state index is 5.92. The zero-order chi connectivity index (χ0) is 22.3. The lowest BCUT2D eigenvalue weighted by Gasteiger charge is -2.08. The maximum absolute atomic E-state index is 5.92. The Morgan fingerprint density at radius 2 is 1.44 bits per heavy atom. The largest absolute Gasteiger partial charge is 0.494 e. The summed E-state index contributed by atoms with van der Waals surface area (Å²) >= 11 is 1.77. The molecule has 176 valence electrons. The summed E-state index contributed by atoms with van der Waals surface area (Å²) in [6.07, 6.45) is 22.9. The number of unbranched alkanes of at least 4 members (excludes halogenated alkanes) is 9. The molecule has 1 aliphatic carbocycles. The number of rotatable bonds is 18. The van der Waals surface area contributed by atoms with Crippen molar-refractivity contribution in [2.24, 2.45) is 5.92 Å². The molecule has 1 aromatic heterocycles. The molecule has 3 rings (SSSR count). The number of thioether (sulfide) groups is 1. The molecule has 1 heterocycles. The molecule has 0 N–H and O–H groups in total. The van der Waals surface area contributed by atoms with Crippen LogP contribution in [-0.2, 0) is 0 Å². The topological polar surface area (TPSA) is 35.0 Å². The van der Waals surface area contributed by atoms with Gasteiger partial charge in [-0.05, 0) is 36.5 Å². The van der Waals surface area contributed by atoms with Crippen molar-refractivity contribution in [3.63, 3.8) is 0 Å². The smallest absolute Gasteiger partial charge is 0.187 e. The SMILES string of the molecule is CCCCCCCCSc1ncc(-c2ccc(OCCCCCCCC3CC3)cc2)cn1. The fourth-order valence-electron chi connectivity index (χ4n) is 3.99. The lowest BCUT2D eigenvalue weighted by Crippen LogP contribution is -1.97. The van der Waals surface area contributed by atoms with E-state index in [2.05, 4.69) is 41.2 Å². The van der Waals surface area contributed by atoms with Crippen LogP contribution in [-0.4, -0.2) is 22.3 Å². The molecule has 1 fully saturated rings. The molecule has 0 radical (unpaired) electrons. The monoisotopic (exact) mass is 454 g/mol. The third-order valence-electron chi connectivity index (χ3n) is 6.27. The van der Waals surface area contributed by atoms with Crippen LogP contribution in [0.5, 0.6) is 5.75 Å². The van der Waals surface area contributed by atoms with Crippen LogP contribution in [0.25, 0.3) is 11.1 Å². The van der Waals surface area contributed by atoms with Gasteiger partial charge in [-0.3, -0.25) is 0 Å². The van der Waals surface area contributed by atoms with Gasteiger partial charge >= 0.3 is 0 Å². The Hall–Kier alpha value is -1.55. The van der Waals surface area contributed by atoms with Gasteiger partial charge in [0.1, 0.15) is 5.75 Å². The van der Waals surface area contributed by atoms with Gasteiger partial charge in [0.05, 0.1) is 6.61 Å². The zero-order valence-corrected chi connectivity index (χ0v) is 20.9. The van der Waals surface area contributed by atoms with E-state index < -0.39 is 0 Å². The summed E-state index contributed by atoms with van der Waals surface area (Å²) in [4.78, 5) is 9.10. The summed E-state index contributed by atoms with van der Waals surface area (Å²) in [6.45, 7) is 3.08. The highest BCUT2D eigenvalue weighted by molar-refractivity contribution is 7.99. The third-order valence-corrected chi connectivity index (χ3v) is 7.23. The van der Waals surface area contributed by atoms with Crippen molar-refractivity contribution < 1.29 is 4.74 Å². The van der Waals surface area contributed by atoms with E-state index in [-0.39, 0.29) is 0 Å². The Balaban J connectivity index is 1.27. The standard InChI is InChI=1S/C28H42N2OS/c1-2-3-4-5-9-12-21-32-28-29-22-26(23-30-28)25-16-18-27(19-17-25)31-20-11-8-6-7-10-13-24-14-15-24/h16-19,22-24H,2-15,20-21H2,1H3. The average Bonchev–Trinajstić information content (AvgIpc) is 3.66. The second-order valence-electron chi connectivity index (χ2n) is 9.24. The molecular weight excluding hydrogens is 412 g/mol. The van der Waals surface area contributed by atoms with E-state index in [9.17, 15) is 0 Å². The highest BCUT2D eigenvalue weighted by atomic mass is 32.2. The molecule has 1 saturated carbocycles. The highest BCUT2D eigenvalue weighted by Gasteiger charge is 2.19. The first-order valence-corrected chi connectivity index (χ1v) is 14.0. The van der Waals surface area contributed by atoms with Crippen LogP contribution in [0.4, 0.5) is 0 Å². The van der Waals surface area contributed by atoms with E-state index in [0.717, 1.165) is 46.7 Å². The first-order chi connectivity index (χ1) is 15.8. The summed E-state index contributed by atoms with van der Waals surface area (Å²) in [6, 6.07) is 8.34. The van der Waals surface area contributed by atoms with Gasteiger partial charge in [0, 0.05) is 23.7 Å². The highest BCUT2D eigenvalue weighted by Crippen LogP contribution is 2.34. The van der Waals surface area contributed by atoms with Crippen molar-refractivity contribution >= 4 is 11.8 Å². The average molecular weight is 455 g/mol. The van der Waals surface area contributed by atoms with Gasteiger partial charge in [0.25, 0.3) is 0 Å². The van der Waals surface area contributed by atoms with Crippen LogP contribution in [0, 0.1) is 5.92 Å². The molecule has 1 aromatic carbocycles. The Morgan fingerprint density at radius 1 is 0.781 bits per heavy atom. The van der Waals surface area contributed by atoms with Crippen LogP contribution in [0.1, 0.15) is 96.8 Å². The van der Waals surface area contributed by atoms with Crippen LogP contribution < -0.4 is 4.74 Å². The number of hydrogen-bond donors (Lipinski definition) is 0. The quantitative estimate of drug-likeness (QED) is 0.128. The van der Waals surface area contributed by atoms with Crippen LogP contribution in [0.3, 0.4) is 0 Å². The summed E-state index contributed by atoms with van der Waals surface area (Å²) in [5.41, 5.74) is 2.20. The minimum Gasteiger partial charge on any atom is -0.494 e. The Morgan fingerprint density at radius 3 is 2.16 bits per heavy atom. The van der Waals surface area contributed by atoms with Crippen molar-refractivity contribution in [1.29, 1.82) is 0 Å². The predicted molar refractivity (Wildman–Crippen MR) is 137 cm³/mol. The first-order valence-electron chi connectivity index (χ1n) is 13.0. The second kappa shape index (κ2) is 15.3. The first kappa shape index (κ1) is 25.1. The van der Waals surface area contributed by atoms with Gasteiger partial charge in [0.15, 0.2) is 5.16 Å². The Kier molecular flexibility index (Phi) is 12.0. The molecule has 0 unspecified atom stereocenters. The molecule has 0 spiro atoms. The van der Waals surface area contributed by atoms with Crippen molar-refractivity contribution in [3.05, 3.63) is 36.7 Å². The van der Waals surface area contributed by atoms with E-state index in [1.807, 2.05) is 12.4 Å². The van der Waals surface area contributed by atoms with Gasteiger partial charge in [-0.25, -0.2) is 9.97 Å². The van der Waals surface area contributed by atoms with E-state index in [4.69, 9.17) is 4.74 Å². The number of aromatic nitrogens is 2. The van der Waals surface area contributed by atoms with Gasteiger partial charge in [-0.15, -0.1) is 0 Å². The van der Waals surface area contributed by atoms with Gasteiger partial charge in [-0.2, -0.15) is 0 Å². The van der Waals surface area contributed by atoms with E-state index in [1.165, 1.54) is 83.5 Å². The van der Waals surface area contributed by atoms with Crippen LogP contribution >= 0.6 is 11.8 Å². The molecule has 2 aromatic rings. The van der Waals surface area contributed by atoms with E-state index in [1.54, 1.807) is 11.8 Å². The number of benzene rings is 1. The van der Waals surface area contributed by atoms with Crippen molar-refractivity contribution in [3.8, 4) is 16.9 Å². The van der Waals surface area contributed by atoms with Crippen molar-refractivity contribution in [1.82, 2.24) is 9.97 Å². The Labute approximate surface area is 200 Å². The van der Waals surface area contributed by atoms with Gasteiger partial charge < -0.3 is 4.74 Å². The van der Waals surface area contributed by atoms with E-state index >= 15 is 0 Å². The molecular formula is C28H42N2OS. The second-order valence-corrected chi connectivity index (χ2v) is 10.3. The lowest BCUT2D eigenvalue weighted by molar-refractivity contribution is 0.304. The van der Waals surface area contributed by atoms with Gasteiger partial charge in [0.2, 0.25) is 0 Å². The fourth-order valence-corrected chi connectivity index (χ4v) is 4.78. The van der Waals surface area contributed by atoms with E-state index in [0.29, 0.717) is 0 Å². The normalized spacial score (nSPS) is 13.4. The molecule has 0 aliphatic heterocycles. The molecule has 32 heavy (non-hydrogen) atoms. The third kappa shape index (κ3) is 10.4. The number of nitrogens with zero attached hydrogens (tertiary/aromatic N) is 2. The number of ether oxygens (including phenoxy) is 1. The van der Waals surface area contributed by atoms with Crippen LogP contribution in [0.15, 0.2) is 41.8 Å². The molecule has 0 bridgehead atoms. The minimum atomic E-state index is 0.815. The summed E-state index contributed by atoms with van der Waals surface area (Å²) in [5.74, 6) is 3.15. The van der Waals surface area contributed by atoms with Crippen molar-refractivity contribution in [2.75, 3.05) is 12.4 Å². The maximum Gasteiger partial charge on any atom is 0.187 e. The number of hydrogen-bond acceptors (Lipinski definition) is 4. The summed E-state index contributed by atoms with van der Waals surface area (Å²) in [5, 5.41) is 0.884. The molecule has 0 amide bonds. The molecule has 0 atom stereocenters. The van der Waals surface area contributed by atoms with Crippen molar-refractivity contribution in [2.45, 2.75) is 102 Å².